The summed E-state index contributed by atoms with van der Waals surface area (Å²) in [6.07, 6.45) is 3.99. The van der Waals surface area contributed by atoms with E-state index >= 15 is 0 Å². The van der Waals surface area contributed by atoms with Crippen molar-refractivity contribution in [2.24, 2.45) is 0 Å². The number of hydrogen-bond donors (Lipinski definition) is 2. The van der Waals surface area contributed by atoms with Gasteiger partial charge in [-0.3, -0.25) is 4.79 Å². The first kappa shape index (κ1) is 13.1. The fraction of sp³-hybridized carbons (Fsp3) is 0.533. The maximum atomic E-state index is 11.9. The van der Waals surface area contributed by atoms with E-state index in [9.17, 15) is 4.79 Å². The standard InChI is InChI=1S/C15H22N2O/c1-11-5-3-7-14(12(11)2)17-15(18)9-8-13-6-4-10-16-13/h3,5,7,13,16H,4,6,8-10H2,1-2H3,(H,17,18). The third-order valence-corrected chi connectivity index (χ3v) is 3.76. The molecule has 1 aromatic carbocycles. The average molecular weight is 246 g/mol. The number of hydrogen-bond acceptors (Lipinski definition) is 2. The van der Waals surface area contributed by atoms with Crippen LogP contribution in [-0.4, -0.2) is 18.5 Å². The topological polar surface area (TPSA) is 41.1 Å². The van der Waals surface area contributed by atoms with Crippen molar-refractivity contribution in [3.63, 3.8) is 0 Å². The molecule has 18 heavy (non-hydrogen) atoms. The maximum absolute atomic E-state index is 11.9. The van der Waals surface area contributed by atoms with Crippen LogP contribution in [0.3, 0.4) is 0 Å². The molecule has 1 atom stereocenters. The van der Waals surface area contributed by atoms with Crippen LogP contribution in [-0.2, 0) is 4.79 Å². The van der Waals surface area contributed by atoms with E-state index in [0.29, 0.717) is 12.5 Å². The summed E-state index contributed by atoms with van der Waals surface area (Å²) in [5.41, 5.74) is 3.31. The van der Waals surface area contributed by atoms with Gasteiger partial charge in [-0.05, 0) is 56.8 Å². The Morgan fingerprint density at radius 2 is 2.28 bits per heavy atom. The largest absolute Gasteiger partial charge is 0.326 e. The van der Waals surface area contributed by atoms with Gasteiger partial charge in [-0.2, -0.15) is 0 Å². The van der Waals surface area contributed by atoms with Crippen molar-refractivity contribution < 1.29 is 4.79 Å². The molecule has 0 saturated carbocycles. The van der Waals surface area contributed by atoms with Crippen LogP contribution in [0.2, 0.25) is 0 Å². The minimum atomic E-state index is 0.123. The molecule has 0 aromatic heterocycles. The van der Waals surface area contributed by atoms with Gasteiger partial charge in [0.15, 0.2) is 0 Å². The summed E-state index contributed by atoms with van der Waals surface area (Å²) in [4.78, 5) is 11.9. The molecule has 1 saturated heterocycles. The number of rotatable bonds is 4. The van der Waals surface area contributed by atoms with E-state index in [1.54, 1.807) is 0 Å². The first-order valence-corrected chi connectivity index (χ1v) is 6.76. The molecule has 1 unspecified atom stereocenters. The molecular weight excluding hydrogens is 224 g/mol. The second-order valence-electron chi connectivity index (χ2n) is 5.13. The van der Waals surface area contributed by atoms with Gasteiger partial charge in [0.25, 0.3) is 0 Å². The SMILES string of the molecule is Cc1cccc(NC(=O)CCC2CCCN2)c1C. The van der Waals surface area contributed by atoms with E-state index < -0.39 is 0 Å². The number of carbonyl (C=O) groups excluding carboxylic acids is 1. The van der Waals surface area contributed by atoms with Crippen LogP contribution < -0.4 is 10.6 Å². The molecule has 0 radical (unpaired) electrons. The van der Waals surface area contributed by atoms with Crippen molar-refractivity contribution in [3.8, 4) is 0 Å². The molecule has 2 N–H and O–H groups in total. The number of amides is 1. The minimum absolute atomic E-state index is 0.123. The molecule has 1 aliphatic heterocycles. The van der Waals surface area contributed by atoms with E-state index in [0.717, 1.165) is 24.2 Å². The third kappa shape index (κ3) is 3.33. The lowest BCUT2D eigenvalue weighted by atomic mass is 10.1. The summed E-state index contributed by atoms with van der Waals surface area (Å²) in [6, 6.07) is 6.55. The van der Waals surface area contributed by atoms with Gasteiger partial charge in [-0.25, -0.2) is 0 Å². The number of carbonyl (C=O) groups is 1. The molecular formula is C15H22N2O. The van der Waals surface area contributed by atoms with Crippen molar-refractivity contribution in [2.45, 2.75) is 45.6 Å². The predicted octanol–water partition coefficient (Wildman–Crippen LogP) is 2.77. The van der Waals surface area contributed by atoms with Crippen molar-refractivity contribution in [3.05, 3.63) is 29.3 Å². The molecule has 1 aromatic rings. The summed E-state index contributed by atoms with van der Waals surface area (Å²) in [6.45, 7) is 5.21. The Balaban J connectivity index is 1.84. The average Bonchev–Trinajstić information content (AvgIpc) is 2.86. The molecule has 1 fully saturated rings. The highest BCUT2D eigenvalue weighted by atomic mass is 16.1. The Morgan fingerprint density at radius 3 is 3.00 bits per heavy atom. The van der Waals surface area contributed by atoms with E-state index in [1.807, 2.05) is 19.1 Å². The molecule has 1 heterocycles. The molecule has 0 aliphatic carbocycles. The van der Waals surface area contributed by atoms with Gasteiger partial charge in [-0.15, -0.1) is 0 Å². The molecule has 98 valence electrons. The second kappa shape index (κ2) is 6.01. The zero-order chi connectivity index (χ0) is 13.0. The number of anilines is 1. The van der Waals surface area contributed by atoms with Gasteiger partial charge >= 0.3 is 0 Å². The summed E-state index contributed by atoms with van der Waals surface area (Å²) in [5.74, 6) is 0.123. The highest BCUT2D eigenvalue weighted by Gasteiger charge is 2.15. The van der Waals surface area contributed by atoms with Crippen LogP contribution in [0.5, 0.6) is 0 Å². The lowest BCUT2D eigenvalue weighted by Gasteiger charge is -2.12. The molecule has 1 aliphatic rings. The molecule has 0 spiro atoms. The Morgan fingerprint density at radius 1 is 1.44 bits per heavy atom. The molecule has 2 rings (SSSR count). The Hall–Kier alpha value is -1.35. The van der Waals surface area contributed by atoms with Crippen molar-refractivity contribution in [1.82, 2.24) is 5.32 Å². The second-order valence-corrected chi connectivity index (χ2v) is 5.13. The summed E-state index contributed by atoms with van der Waals surface area (Å²) in [7, 11) is 0. The zero-order valence-electron chi connectivity index (χ0n) is 11.3. The summed E-state index contributed by atoms with van der Waals surface area (Å²) >= 11 is 0. The van der Waals surface area contributed by atoms with Crippen molar-refractivity contribution in [1.29, 1.82) is 0 Å². The summed E-state index contributed by atoms with van der Waals surface area (Å²) < 4.78 is 0. The van der Waals surface area contributed by atoms with Gasteiger partial charge in [-0.1, -0.05) is 12.1 Å². The highest BCUT2D eigenvalue weighted by molar-refractivity contribution is 5.91. The first-order chi connectivity index (χ1) is 8.66. The van der Waals surface area contributed by atoms with Crippen LogP contribution >= 0.6 is 0 Å². The van der Waals surface area contributed by atoms with Crippen LogP contribution in [0, 0.1) is 13.8 Å². The number of nitrogens with one attached hydrogen (secondary N) is 2. The van der Waals surface area contributed by atoms with Gasteiger partial charge in [0.2, 0.25) is 5.91 Å². The van der Waals surface area contributed by atoms with Crippen LogP contribution in [0.25, 0.3) is 0 Å². The van der Waals surface area contributed by atoms with Crippen LogP contribution in [0.4, 0.5) is 5.69 Å². The van der Waals surface area contributed by atoms with E-state index in [2.05, 4.69) is 23.6 Å². The van der Waals surface area contributed by atoms with Gasteiger partial charge in [0.05, 0.1) is 0 Å². The Kier molecular flexibility index (Phi) is 4.37. The molecule has 1 amide bonds. The molecule has 3 heteroatoms. The zero-order valence-corrected chi connectivity index (χ0v) is 11.3. The Bertz CT molecular complexity index is 423. The monoisotopic (exact) mass is 246 g/mol. The van der Waals surface area contributed by atoms with E-state index in [1.165, 1.54) is 18.4 Å². The van der Waals surface area contributed by atoms with Crippen molar-refractivity contribution in [2.75, 3.05) is 11.9 Å². The van der Waals surface area contributed by atoms with E-state index in [4.69, 9.17) is 0 Å². The van der Waals surface area contributed by atoms with E-state index in [-0.39, 0.29) is 5.91 Å². The predicted molar refractivity (Wildman–Crippen MR) is 74.8 cm³/mol. The molecule has 3 nitrogen and oxygen atoms in total. The van der Waals surface area contributed by atoms with Gasteiger partial charge < -0.3 is 10.6 Å². The van der Waals surface area contributed by atoms with Crippen molar-refractivity contribution >= 4 is 11.6 Å². The van der Waals surface area contributed by atoms with Gasteiger partial charge in [0, 0.05) is 18.2 Å². The van der Waals surface area contributed by atoms with Crippen LogP contribution in [0.15, 0.2) is 18.2 Å². The normalized spacial score (nSPS) is 18.9. The number of aryl methyl sites for hydroxylation is 1. The fourth-order valence-corrected chi connectivity index (χ4v) is 2.41. The summed E-state index contributed by atoms with van der Waals surface area (Å²) in [5, 5.41) is 6.42. The fourth-order valence-electron chi connectivity index (χ4n) is 2.41. The maximum Gasteiger partial charge on any atom is 0.224 e. The lowest BCUT2D eigenvalue weighted by molar-refractivity contribution is -0.116. The van der Waals surface area contributed by atoms with Crippen LogP contribution in [0.1, 0.15) is 36.8 Å². The highest BCUT2D eigenvalue weighted by Crippen LogP contribution is 2.18. The molecule has 0 bridgehead atoms. The van der Waals surface area contributed by atoms with Gasteiger partial charge in [0.1, 0.15) is 0 Å². The Labute approximate surface area is 109 Å². The lowest BCUT2D eigenvalue weighted by Crippen LogP contribution is -2.23. The minimum Gasteiger partial charge on any atom is -0.326 e. The first-order valence-electron chi connectivity index (χ1n) is 6.76. The number of benzene rings is 1. The quantitative estimate of drug-likeness (QED) is 0.857. The third-order valence-electron chi connectivity index (χ3n) is 3.76. The smallest absolute Gasteiger partial charge is 0.224 e.